The van der Waals surface area contributed by atoms with E-state index in [0.29, 0.717) is 11.1 Å². The van der Waals surface area contributed by atoms with Gasteiger partial charge in [0.05, 0.1) is 9.82 Å². The number of nitro benzene ring substituents is 1. The van der Waals surface area contributed by atoms with Crippen LogP contribution in [0.15, 0.2) is 46.5 Å². The number of hydrogen-bond donors (Lipinski definition) is 1. The number of non-ortho nitro benzene ring substituents is 1. The summed E-state index contributed by atoms with van der Waals surface area (Å²) in [6.07, 6.45) is 5.78. The maximum absolute atomic E-state index is 12.4. The normalized spacial score (nSPS) is 11.5. The van der Waals surface area contributed by atoms with Crippen molar-refractivity contribution in [2.75, 3.05) is 0 Å². The summed E-state index contributed by atoms with van der Waals surface area (Å²) in [6.45, 7) is 3.46. The van der Waals surface area contributed by atoms with Gasteiger partial charge in [-0.05, 0) is 37.2 Å². The SMILES string of the molecule is Cc1ccn2n[c-]c(/C=N/NS(=O)(=O)c3cc([N+](=O)[O-])ccc3C)c2c1.[Y]. The number of aryl methyl sites for hydroxylation is 2. The molecule has 1 aromatic carbocycles. The Kier molecular flexibility index (Phi) is 6.45. The van der Waals surface area contributed by atoms with Crippen molar-refractivity contribution >= 4 is 27.4 Å². The van der Waals surface area contributed by atoms with Gasteiger partial charge in [0.15, 0.2) is 0 Å². The second kappa shape index (κ2) is 8.24. The second-order valence-electron chi connectivity index (χ2n) is 5.62. The van der Waals surface area contributed by atoms with Crippen LogP contribution in [0, 0.1) is 30.2 Å². The number of sulfonamides is 1. The largest absolute Gasteiger partial charge is 0.306 e. The number of hydrogen-bond acceptors (Lipinski definition) is 6. The smallest absolute Gasteiger partial charge is 0.276 e. The summed E-state index contributed by atoms with van der Waals surface area (Å²) in [6, 6.07) is 7.36. The van der Waals surface area contributed by atoms with Gasteiger partial charge < -0.3 is 4.52 Å². The van der Waals surface area contributed by atoms with Crippen molar-refractivity contribution in [3.8, 4) is 0 Å². The standard InChI is InChI=1S/C16H14N5O4S.Y/c1-11-5-6-20-15(7-11)13(10-18-20)9-17-19-26(24,25)16-8-14(21(22)23)4-3-12(16)2;/h3-9,19H,1-2H3;/q-1;/b17-9+;. The molecule has 0 aliphatic carbocycles. The molecule has 0 unspecified atom stereocenters. The van der Waals surface area contributed by atoms with E-state index < -0.39 is 14.9 Å². The minimum Gasteiger partial charge on any atom is -0.306 e. The van der Waals surface area contributed by atoms with E-state index in [-0.39, 0.29) is 43.3 Å². The van der Waals surface area contributed by atoms with Gasteiger partial charge in [0, 0.05) is 51.0 Å². The molecule has 1 radical (unpaired) electrons. The molecule has 9 nitrogen and oxygen atoms in total. The molecule has 3 aromatic rings. The fourth-order valence-corrected chi connectivity index (χ4v) is 3.41. The van der Waals surface area contributed by atoms with E-state index in [1.807, 2.05) is 19.1 Å². The van der Waals surface area contributed by atoms with Gasteiger partial charge in [-0.1, -0.05) is 23.9 Å². The topological polar surface area (TPSA) is 119 Å². The number of hydrazone groups is 1. The summed E-state index contributed by atoms with van der Waals surface area (Å²) in [4.78, 5) is 12.1. The minimum atomic E-state index is -4.06. The van der Waals surface area contributed by atoms with Crippen LogP contribution in [0.5, 0.6) is 0 Å². The predicted molar refractivity (Wildman–Crippen MR) is 94.5 cm³/mol. The minimum absolute atomic E-state index is 0. The van der Waals surface area contributed by atoms with Crippen LogP contribution in [-0.2, 0) is 42.7 Å². The summed E-state index contributed by atoms with van der Waals surface area (Å²) in [5, 5.41) is 18.6. The number of nitrogens with zero attached hydrogens (tertiary/aromatic N) is 4. The van der Waals surface area contributed by atoms with Crippen molar-refractivity contribution in [1.29, 1.82) is 0 Å². The maximum atomic E-state index is 12.4. The Hall–Kier alpha value is -2.17. The van der Waals surface area contributed by atoms with Crippen molar-refractivity contribution in [2.24, 2.45) is 5.10 Å². The van der Waals surface area contributed by atoms with Gasteiger partial charge in [0.2, 0.25) is 0 Å². The molecule has 0 atom stereocenters. The Labute approximate surface area is 180 Å². The van der Waals surface area contributed by atoms with Crippen molar-refractivity contribution in [3.05, 3.63) is 69.5 Å². The van der Waals surface area contributed by atoms with Crippen LogP contribution in [0.25, 0.3) is 5.52 Å². The number of pyridine rings is 1. The molecule has 0 spiro atoms. The molecule has 0 saturated carbocycles. The average molecular weight is 461 g/mol. The Morgan fingerprint density at radius 3 is 2.74 bits per heavy atom. The van der Waals surface area contributed by atoms with Crippen LogP contribution < -0.4 is 4.83 Å². The zero-order valence-corrected chi connectivity index (χ0v) is 18.1. The quantitative estimate of drug-likeness (QED) is 0.270. The van der Waals surface area contributed by atoms with Gasteiger partial charge >= 0.3 is 0 Å². The number of benzene rings is 1. The first-order valence-corrected chi connectivity index (χ1v) is 8.93. The van der Waals surface area contributed by atoms with Gasteiger partial charge in [-0.3, -0.25) is 15.2 Å². The average Bonchev–Trinajstić information content (AvgIpc) is 2.97. The van der Waals surface area contributed by atoms with Gasteiger partial charge in [0.25, 0.3) is 15.7 Å². The van der Waals surface area contributed by atoms with Gasteiger partial charge in [-0.25, -0.2) is 9.93 Å². The number of rotatable bonds is 5. The third kappa shape index (κ3) is 4.58. The molecular weight excluding hydrogens is 447 g/mol. The van der Waals surface area contributed by atoms with Crippen LogP contribution in [-0.4, -0.2) is 29.2 Å². The number of nitrogens with one attached hydrogen (secondary N) is 1. The molecule has 0 aliphatic rings. The monoisotopic (exact) mass is 461 g/mol. The number of fused-ring (bicyclic) bond motifs is 1. The van der Waals surface area contributed by atoms with E-state index in [1.54, 1.807) is 17.6 Å². The van der Waals surface area contributed by atoms with Crippen LogP contribution in [0.1, 0.15) is 16.7 Å². The molecule has 0 bridgehead atoms. The fourth-order valence-electron chi connectivity index (χ4n) is 2.35. The molecule has 137 valence electrons. The van der Waals surface area contributed by atoms with E-state index >= 15 is 0 Å². The Morgan fingerprint density at radius 2 is 2.04 bits per heavy atom. The fraction of sp³-hybridized carbons (Fsp3) is 0.125. The first-order chi connectivity index (χ1) is 12.3. The van der Waals surface area contributed by atoms with Gasteiger partial charge in [-0.2, -0.15) is 8.42 Å². The molecule has 0 fully saturated rings. The van der Waals surface area contributed by atoms with E-state index in [9.17, 15) is 18.5 Å². The van der Waals surface area contributed by atoms with Crippen LogP contribution in [0.3, 0.4) is 0 Å². The predicted octanol–water partition coefficient (Wildman–Crippen LogP) is 1.97. The van der Waals surface area contributed by atoms with Crippen molar-refractivity contribution in [2.45, 2.75) is 18.7 Å². The van der Waals surface area contributed by atoms with Crippen LogP contribution in [0.4, 0.5) is 5.69 Å². The molecular formula is C16H14N5O4SY-. The molecule has 11 heteroatoms. The molecule has 1 N–H and O–H groups in total. The zero-order valence-electron chi connectivity index (χ0n) is 14.4. The Morgan fingerprint density at radius 1 is 1.30 bits per heavy atom. The number of aromatic nitrogens is 2. The molecule has 2 aromatic heterocycles. The molecule has 0 amide bonds. The van der Waals surface area contributed by atoms with Gasteiger partial charge in [-0.15, -0.1) is 5.56 Å². The first kappa shape index (κ1) is 21.1. The van der Waals surface area contributed by atoms with Crippen molar-refractivity contribution < 1.29 is 46.1 Å². The third-order valence-electron chi connectivity index (χ3n) is 3.68. The molecule has 2 heterocycles. The zero-order chi connectivity index (χ0) is 18.9. The number of nitro groups is 1. The summed E-state index contributed by atoms with van der Waals surface area (Å²) in [5.41, 5.74) is 2.29. The Bertz CT molecular complexity index is 1140. The summed E-state index contributed by atoms with van der Waals surface area (Å²) < 4.78 is 26.4. The molecule has 27 heavy (non-hydrogen) atoms. The molecule has 0 saturated heterocycles. The summed E-state index contributed by atoms with van der Waals surface area (Å²) >= 11 is 0. The second-order valence-corrected chi connectivity index (χ2v) is 7.25. The third-order valence-corrected chi connectivity index (χ3v) is 5.05. The van der Waals surface area contributed by atoms with Gasteiger partial charge in [0.1, 0.15) is 0 Å². The van der Waals surface area contributed by atoms with Crippen molar-refractivity contribution in [3.63, 3.8) is 0 Å². The summed E-state index contributed by atoms with van der Waals surface area (Å²) in [7, 11) is -4.06. The van der Waals surface area contributed by atoms with E-state index in [2.05, 4.69) is 21.2 Å². The van der Waals surface area contributed by atoms with E-state index in [0.717, 1.165) is 17.1 Å². The van der Waals surface area contributed by atoms with E-state index in [4.69, 9.17) is 0 Å². The van der Waals surface area contributed by atoms with E-state index in [1.165, 1.54) is 18.3 Å². The summed E-state index contributed by atoms with van der Waals surface area (Å²) in [5.74, 6) is 0. The van der Waals surface area contributed by atoms with Crippen LogP contribution >= 0.6 is 0 Å². The maximum Gasteiger partial charge on any atom is 0.276 e. The molecule has 0 aliphatic heterocycles. The molecule has 3 rings (SSSR count). The van der Waals surface area contributed by atoms with Crippen LogP contribution in [0.2, 0.25) is 0 Å². The van der Waals surface area contributed by atoms with Crippen molar-refractivity contribution in [1.82, 2.24) is 14.4 Å². The Balaban J connectivity index is 0.00000261. The first-order valence-electron chi connectivity index (χ1n) is 7.44.